The van der Waals surface area contributed by atoms with E-state index in [1.807, 2.05) is 6.07 Å². The highest BCUT2D eigenvalue weighted by Crippen LogP contribution is 2.40. The van der Waals surface area contributed by atoms with Gasteiger partial charge in [0.2, 0.25) is 6.08 Å². The molecule has 1 aliphatic rings. The molecule has 0 aromatic carbocycles. The summed E-state index contributed by atoms with van der Waals surface area (Å²) >= 11 is 0. The van der Waals surface area contributed by atoms with Crippen molar-refractivity contribution in [2.45, 2.75) is 18.8 Å². The van der Waals surface area contributed by atoms with Gasteiger partial charge in [-0.05, 0) is 12.8 Å². The molecule has 4 heteroatoms. The second-order valence-corrected chi connectivity index (χ2v) is 3.03. The van der Waals surface area contributed by atoms with Crippen molar-refractivity contribution in [1.82, 2.24) is 9.78 Å². The Hall–Kier alpha value is -1.41. The van der Waals surface area contributed by atoms with Gasteiger partial charge >= 0.3 is 0 Å². The lowest BCUT2D eigenvalue weighted by Crippen LogP contribution is -1.90. The third-order valence-corrected chi connectivity index (χ3v) is 2.03. The lowest BCUT2D eigenvalue weighted by molar-refractivity contribution is 0.564. The molecule has 1 aromatic heterocycles. The molecule has 1 saturated carbocycles. The van der Waals surface area contributed by atoms with Crippen molar-refractivity contribution in [2.75, 3.05) is 0 Å². The minimum atomic E-state index is 0.590. The molecule has 0 radical (unpaired) electrons. The fraction of sp³-hybridized carbons (Fsp3) is 0.500. The first-order valence-electron chi connectivity index (χ1n) is 3.93. The van der Waals surface area contributed by atoms with Crippen LogP contribution in [0, 0.1) is 0 Å². The zero-order valence-electron chi connectivity index (χ0n) is 6.82. The number of aliphatic imine (C=N–C) groups is 1. The molecule has 62 valence electrons. The van der Waals surface area contributed by atoms with Crippen molar-refractivity contribution in [3.8, 4) is 0 Å². The molecule has 1 fully saturated rings. The number of aromatic nitrogens is 2. The van der Waals surface area contributed by atoms with Crippen LogP contribution >= 0.6 is 0 Å². The van der Waals surface area contributed by atoms with Gasteiger partial charge in [-0.3, -0.25) is 0 Å². The van der Waals surface area contributed by atoms with Crippen LogP contribution in [0.15, 0.2) is 11.1 Å². The molecular weight excluding hydrogens is 154 g/mol. The average Bonchev–Trinajstić information content (AvgIpc) is 2.80. The number of aryl methyl sites for hydroxylation is 1. The summed E-state index contributed by atoms with van der Waals surface area (Å²) < 4.78 is 1.61. The molecule has 0 N–H and O–H groups in total. The molecule has 1 heterocycles. The Balaban J connectivity index is 2.35. The summed E-state index contributed by atoms with van der Waals surface area (Å²) in [5.41, 5.74) is 1.05. The molecule has 1 aromatic rings. The normalized spacial score (nSPS) is 15.8. The van der Waals surface area contributed by atoms with Crippen molar-refractivity contribution >= 4 is 11.9 Å². The van der Waals surface area contributed by atoms with Gasteiger partial charge in [0, 0.05) is 19.0 Å². The average molecular weight is 163 g/mol. The number of isocyanates is 1. The van der Waals surface area contributed by atoms with Gasteiger partial charge in [0.15, 0.2) is 5.82 Å². The lowest BCUT2D eigenvalue weighted by Gasteiger charge is -1.88. The van der Waals surface area contributed by atoms with E-state index in [1.165, 1.54) is 18.9 Å². The van der Waals surface area contributed by atoms with E-state index in [9.17, 15) is 4.79 Å². The van der Waals surface area contributed by atoms with E-state index in [-0.39, 0.29) is 0 Å². The first-order chi connectivity index (χ1) is 5.81. The van der Waals surface area contributed by atoms with Crippen molar-refractivity contribution in [3.05, 3.63) is 11.8 Å². The van der Waals surface area contributed by atoms with E-state index in [0.29, 0.717) is 11.7 Å². The zero-order chi connectivity index (χ0) is 8.55. The van der Waals surface area contributed by atoms with Crippen LogP contribution in [-0.4, -0.2) is 15.9 Å². The largest absolute Gasteiger partial charge is 0.250 e. The second kappa shape index (κ2) is 2.57. The van der Waals surface area contributed by atoms with E-state index in [0.717, 1.165) is 5.69 Å². The Kier molecular flexibility index (Phi) is 1.55. The van der Waals surface area contributed by atoms with Crippen molar-refractivity contribution in [1.29, 1.82) is 0 Å². The quantitative estimate of drug-likeness (QED) is 0.486. The second-order valence-electron chi connectivity index (χ2n) is 3.03. The monoisotopic (exact) mass is 163 g/mol. The Bertz CT molecular complexity index is 345. The molecule has 4 nitrogen and oxygen atoms in total. The van der Waals surface area contributed by atoms with Gasteiger partial charge in [-0.15, -0.1) is 4.99 Å². The summed E-state index contributed by atoms with van der Waals surface area (Å²) in [6.07, 6.45) is 3.93. The molecule has 12 heavy (non-hydrogen) atoms. The van der Waals surface area contributed by atoms with Gasteiger partial charge in [-0.25, -0.2) is 9.48 Å². The molecule has 0 saturated heterocycles. The fourth-order valence-electron chi connectivity index (χ4n) is 1.21. The smallest absolute Gasteiger partial charge is 0.242 e. The van der Waals surface area contributed by atoms with Crippen LogP contribution < -0.4 is 0 Å². The van der Waals surface area contributed by atoms with E-state index in [2.05, 4.69) is 10.1 Å². The maximum absolute atomic E-state index is 9.99. The van der Waals surface area contributed by atoms with E-state index >= 15 is 0 Å². The lowest BCUT2D eigenvalue weighted by atomic mass is 10.3. The first kappa shape index (κ1) is 7.25. The highest BCUT2D eigenvalue weighted by Gasteiger charge is 2.26. The van der Waals surface area contributed by atoms with E-state index in [4.69, 9.17) is 0 Å². The van der Waals surface area contributed by atoms with E-state index < -0.39 is 0 Å². The third-order valence-electron chi connectivity index (χ3n) is 2.03. The predicted molar refractivity (Wildman–Crippen MR) is 43.0 cm³/mol. The van der Waals surface area contributed by atoms with Crippen LogP contribution in [0.25, 0.3) is 0 Å². The molecule has 1 aliphatic carbocycles. The van der Waals surface area contributed by atoms with Crippen molar-refractivity contribution < 1.29 is 4.79 Å². The van der Waals surface area contributed by atoms with Gasteiger partial charge in [-0.1, -0.05) is 0 Å². The van der Waals surface area contributed by atoms with Crippen molar-refractivity contribution in [3.63, 3.8) is 0 Å². The molecule has 0 atom stereocenters. The summed E-state index contributed by atoms with van der Waals surface area (Å²) in [6.45, 7) is 0. The Morgan fingerprint density at radius 3 is 3.08 bits per heavy atom. The van der Waals surface area contributed by atoms with Crippen LogP contribution in [0.2, 0.25) is 0 Å². The van der Waals surface area contributed by atoms with Gasteiger partial charge in [0.05, 0.1) is 5.69 Å². The summed E-state index contributed by atoms with van der Waals surface area (Å²) in [6, 6.07) is 1.85. The van der Waals surface area contributed by atoms with Crippen LogP contribution in [0.5, 0.6) is 0 Å². The first-order valence-corrected chi connectivity index (χ1v) is 3.93. The van der Waals surface area contributed by atoms with Gasteiger partial charge < -0.3 is 0 Å². The maximum Gasteiger partial charge on any atom is 0.242 e. The standard InChI is InChI=1S/C8H9N3O/c1-11-8(9-5-12)4-7(10-11)6-2-3-6/h4,6H,2-3H2,1H3. The Morgan fingerprint density at radius 2 is 2.50 bits per heavy atom. The van der Waals surface area contributed by atoms with Crippen LogP contribution in [-0.2, 0) is 11.8 Å². The van der Waals surface area contributed by atoms with Gasteiger partial charge in [0.25, 0.3) is 0 Å². The number of nitrogens with zero attached hydrogens (tertiary/aromatic N) is 3. The SMILES string of the molecule is Cn1nc(C2CC2)cc1N=C=O. The minimum absolute atomic E-state index is 0.590. The number of carbonyl (C=O) groups excluding carboxylic acids is 1. The molecule has 2 rings (SSSR count). The van der Waals surface area contributed by atoms with Crippen LogP contribution in [0.1, 0.15) is 24.5 Å². The molecule has 0 bridgehead atoms. The zero-order valence-corrected chi connectivity index (χ0v) is 6.82. The van der Waals surface area contributed by atoms with Crippen LogP contribution in [0.4, 0.5) is 5.82 Å². The predicted octanol–water partition coefficient (Wildman–Crippen LogP) is 1.26. The molecule has 0 unspecified atom stereocenters. The highest BCUT2D eigenvalue weighted by molar-refractivity contribution is 5.45. The summed E-state index contributed by atoms with van der Waals surface area (Å²) in [7, 11) is 1.78. The Labute approximate surface area is 69.9 Å². The van der Waals surface area contributed by atoms with Crippen LogP contribution in [0.3, 0.4) is 0 Å². The minimum Gasteiger partial charge on any atom is -0.250 e. The molecular formula is C8H9N3O. The fourth-order valence-corrected chi connectivity index (χ4v) is 1.21. The molecule has 0 spiro atoms. The van der Waals surface area contributed by atoms with Gasteiger partial charge in [0.1, 0.15) is 0 Å². The number of hydrogen-bond acceptors (Lipinski definition) is 3. The number of rotatable bonds is 2. The maximum atomic E-state index is 9.99. The molecule has 0 amide bonds. The summed E-state index contributed by atoms with van der Waals surface area (Å²) in [5, 5.41) is 4.24. The van der Waals surface area contributed by atoms with Gasteiger partial charge in [-0.2, -0.15) is 5.10 Å². The van der Waals surface area contributed by atoms with Crippen molar-refractivity contribution in [2.24, 2.45) is 12.0 Å². The molecule has 0 aliphatic heterocycles. The summed E-state index contributed by atoms with van der Waals surface area (Å²) in [4.78, 5) is 13.5. The number of hydrogen-bond donors (Lipinski definition) is 0. The third kappa shape index (κ3) is 1.17. The Morgan fingerprint density at radius 1 is 1.75 bits per heavy atom. The summed E-state index contributed by atoms with van der Waals surface area (Å²) in [5.74, 6) is 1.19. The topological polar surface area (TPSA) is 47.2 Å². The van der Waals surface area contributed by atoms with E-state index in [1.54, 1.807) is 11.7 Å². The highest BCUT2D eigenvalue weighted by atomic mass is 16.1.